The van der Waals surface area contributed by atoms with E-state index in [-0.39, 0.29) is 5.92 Å². The number of carboxylic acid groups (broad SMARTS) is 1. The third-order valence-corrected chi connectivity index (χ3v) is 4.24. The minimum Gasteiger partial charge on any atom is -0.481 e. The van der Waals surface area contributed by atoms with Gasteiger partial charge in [-0.3, -0.25) is 14.7 Å². The molecule has 0 bridgehead atoms. The summed E-state index contributed by atoms with van der Waals surface area (Å²) in [5.41, 5.74) is 1.31. The van der Waals surface area contributed by atoms with E-state index in [0.29, 0.717) is 6.04 Å². The Hall–Kier alpha value is -1.42. The van der Waals surface area contributed by atoms with Crippen LogP contribution in [0.4, 0.5) is 0 Å². The largest absolute Gasteiger partial charge is 0.481 e. The molecule has 0 saturated carbocycles. The topological polar surface area (TPSA) is 53.4 Å². The first-order valence-corrected chi connectivity index (χ1v) is 7.59. The number of pyridine rings is 1. The number of nitrogens with zero attached hydrogens (tertiary/aromatic N) is 2. The van der Waals surface area contributed by atoms with Gasteiger partial charge in [-0.1, -0.05) is 19.8 Å². The monoisotopic (exact) mass is 276 g/mol. The van der Waals surface area contributed by atoms with Gasteiger partial charge in [-0.15, -0.1) is 0 Å². The number of unbranched alkanes of at least 4 members (excludes halogenated alkanes) is 1. The van der Waals surface area contributed by atoms with E-state index >= 15 is 0 Å². The predicted molar refractivity (Wildman–Crippen MR) is 78.4 cm³/mol. The number of hydrogen-bond acceptors (Lipinski definition) is 3. The zero-order valence-corrected chi connectivity index (χ0v) is 12.2. The summed E-state index contributed by atoms with van der Waals surface area (Å²) in [7, 11) is 0. The van der Waals surface area contributed by atoms with Crippen molar-refractivity contribution in [1.82, 2.24) is 9.88 Å². The maximum absolute atomic E-state index is 11.0. The van der Waals surface area contributed by atoms with Crippen LogP contribution in [-0.2, 0) is 4.79 Å². The van der Waals surface area contributed by atoms with Crippen LogP contribution in [0.2, 0.25) is 0 Å². The van der Waals surface area contributed by atoms with Gasteiger partial charge in [0, 0.05) is 18.4 Å². The number of rotatable bonds is 6. The molecule has 0 aromatic carbocycles. The summed E-state index contributed by atoms with van der Waals surface area (Å²) >= 11 is 0. The van der Waals surface area contributed by atoms with Gasteiger partial charge >= 0.3 is 5.97 Å². The molecule has 2 rings (SSSR count). The third kappa shape index (κ3) is 3.79. The van der Waals surface area contributed by atoms with Crippen LogP contribution in [0.5, 0.6) is 0 Å². The first kappa shape index (κ1) is 15.0. The van der Waals surface area contributed by atoms with Crippen molar-refractivity contribution in [2.75, 3.05) is 13.1 Å². The Morgan fingerprint density at radius 2 is 2.05 bits per heavy atom. The summed E-state index contributed by atoms with van der Waals surface area (Å²) in [6, 6.07) is 4.58. The van der Waals surface area contributed by atoms with Crippen LogP contribution in [0.1, 0.15) is 50.6 Å². The van der Waals surface area contributed by atoms with E-state index in [1.54, 1.807) is 0 Å². The van der Waals surface area contributed by atoms with Gasteiger partial charge < -0.3 is 5.11 Å². The molecule has 0 aliphatic carbocycles. The highest BCUT2D eigenvalue weighted by Gasteiger charge is 2.28. The van der Waals surface area contributed by atoms with E-state index in [1.165, 1.54) is 18.4 Å². The number of carbonyl (C=O) groups is 1. The summed E-state index contributed by atoms with van der Waals surface area (Å²) in [6.45, 7) is 3.97. The maximum atomic E-state index is 11.0. The summed E-state index contributed by atoms with van der Waals surface area (Å²) in [6.07, 6.45) is 8.75. The Balaban J connectivity index is 2.03. The highest BCUT2D eigenvalue weighted by atomic mass is 16.4. The van der Waals surface area contributed by atoms with E-state index in [4.69, 9.17) is 5.11 Å². The average molecular weight is 276 g/mol. The van der Waals surface area contributed by atoms with Gasteiger partial charge in [0.05, 0.1) is 5.92 Å². The molecule has 20 heavy (non-hydrogen) atoms. The molecule has 110 valence electrons. The minimum atomic E-state index is -0.640. The Bertz CT molecular complexity index is 414. The SMILES string of the molecule is CCCCC(c1ccncc1)N1CCC(C(=O)O)CC1. The van der Waals surface area contributed by atoms with Gasteiger partial charge in [0.2, 0.25) is 0 Å². The minimum absolute atomic E-state index is 0.157. The number of likely N-dealkylation sites (tertiary alicyclic amines) is 1. The van der Waals surface area contributed by atoms with Crippen molar-refractivity contribution in [2.24, 2.45) is 5.92 Å². The Morgan fingerprint density at radius 1 is 1.40 bits per heavy atom. The maximum Gasteiger partial charge on any atom is 0.306 e. The molecular weight excluding hydrogens is 252 g/mol. The van der Waals surface area contributed by atoms with Gasteiger partial charge in [0.1, 0.15) is 0 Å². The number of aliphatic carboxylic acids is 1. The highest BCUT2D eigenvalue weighted by Crippen LogP contribution is 2.30. The highest BCUT2D eigenvalue weighted by molar-refractivity contribution is 5.70. The van der Waals surface area contributed by atoms with Crippen molar-refractivity contribution in [3.63, 3.8) is 0 Å². The molecule has 4 nitrogen and oxygen atoms in total. The van der Waals surface area contributed by atoms with Crippen LogP contribution < -0.4 is 0 Å². The van der Waals surface area contributed by atoms with E-state index in [2.05, 4.69) is 28.9 Å². The van der Waals surface area contributed by atoms with Crippen molar-refractivity contribution < 1.29 is 9.90 Å². The van der Waals surface area contributed by atoms with Gasteiger partial charge in [-0.05, 0) is 50.0 Å². The fourth-order valence-electron chi connectivity index (χ4n) is 3.00. The molecular formula is C16H24N2O2. The predicted octanol–water partition coefficient (Wildman–Crippen LogP) is 3.11. The molecule has 1 aromatic rings. The smallest absolute Gasteiger partial charge is 0.306 e. The fourth-order valence-corrected chi connectivity index (χ4v) is 3.00. The Morgan fingerprint density at radius 3 is 2.60 bits per heavy atom. The molecule has 1 saturated heterocycles. The first-order chi connectivity index (χ1) is 9.72. The molecule has 0 radical (unpaired) electrons. The van der Waals surface area contributed by atoms with Crippen LogP contribution in [0.25, 0.3) is 0 Å². The number of carboxylic acids is 1. The van der Waals surface area contributed by atoms with Gasteiger partial charge in [0.15, 0.2) is 0 Å². The number of aromatic nitrogens is 1. The van der Waals surface area contributed by atoms with Crippen LogP contribution in [0, 0.1) is 5.92 Å². The normalized spacial score (nSPS) is 18.9. The summed E-state index contributed by atoms with van der Waals surface area (Å²) < 4.78 is 0. The molecule has 1 N–H and O–H groups in total. The Kier molecular flexibility index (Phi) is 5.53. The van der Waals surface area contributed by atoms with Crippen LogP contribution >= 0.6 is 0 Å². The molecule has 0 spiro atoms. The zero-order chi connectivity index (χ0) is 14.4. The average Bonchev–Trinajstić information content (AvgIpc) is 2.49. The second kappa shape index (κ2) is 7.39. The van der Waals surface area contributed by atoms with Crippen LogP contribution in [-0.4, -0.2) is 34.0 Å². The summed E-state index contributed by atoms with van der Waals surface area (Å²) in [5, 5.41) is 9.09. The molecule has 1 aromatic heterocycles. The van der Waals surface area contributed by atoms with Crippen LogP contribution in [0.15, 0.2) is 24.5 Å². The molecule has 1 unspecified atom stereocenters. The van der Waals surface area contributed by atoms with E-state index in [9.17, 15) is 4.79 Å². The van der Waals surface area contributed by atoms with E-state index in [1.807, 2.05) is 12.4 Å². The molecule has 1 aliphatic heterocycles. The quantitative estimate of drug-likeness (QED) is 0.867. The molecule has 0 amide bonds. The molecule has 4 heteroatoms. The second-order valence-corrected chi connectivity index (χ2v) is 5.59. The lowest BCUT2D eigenvalue weighted by atomic mass is 9.93. The number of piperidine rings is 1. The van der Waals surface area contributed by atoms with Crippen molar-refractivity contribution in [3.8, 4) is 0 Å². The van der Waals surface area contributed by atoms with Crippen LogP contribution in [0.3, 0.4) is 0 Å². The summed E-state index contributed by atoms with van der Waals surface area (Å²) in [4.78, 5) is 17.6. The third-order valence-electron chi connectivity index (χ3n) is 4.24. The van der Waals surface area contributed by atoms with E-state index in [0.717, 1.165) is 32.4 Å². The summed E-state index contributed by atoms with van der Waals surface area (Å²) in [5.74, 6) is -0.797. The molecule has 2 heterocycles. The zero-order valence-electron chi connectivity index (χ0n) is 12.2. The standard InChI is InChI=1S/C16H24N2O2/c1-2-3-4-15(13-5-9-17-10-6-13)18-11-7-14(8-12-18)16(19)20/h5-6,9-10,14-15H,2-4,7-8,11-12H2,1H3,(H,19,20). The molecule has 1 aliphatic rings. The van der Waals surface area contributed by atoms with Gasteiger partial charge in [-0.2, -0.15) is 0 Å². The van der Waals surface area contributed by atoms with Crippen molar-refractivity contribution in [3.05, 3.63) is 30.1 Å². The van der Waals surface area contributed by atoms with Gasteiger partial charge in [-0.25, -0.2) is 0 Å². The van der Waals surface area contributed by atoms with Crippen molar-refractivity contribution >= 4 is 5.97 Å². The first-order valence-electron chi connectivity index (χ1n) is 7.59. The lowest BCUT2D eigenvalue weighted by molar-refractivity contribution is -0.143. The van der Waals surface area contributed by atoms with E-state index < -0.39 is 5.97 Å². The second-order valence-electron chi connectivity index (χ2n) is 5.59. The lowest BCUT2D eigenvalue weighted by Gasteiger charge is -2.37. The lowest BCUT2D eigenvalue weighted by Crippen LogP contribution is -2.38. The van der Waals surface area contributed by atoms with Gasteiger partial charge in [0.25, 0.3) is 0 Å². The van der Waals surface area contributed by atoms with Crippen molar-refractivity contribution in [1.29, 1.82) is 0 Å². The molecule has 1 atom stereocenters. The van der Waals surface area contributed by atoms with Crippen molar-refractivity contribution in [2.45, 2.75) is 45.1 Å². The fraction of sp³-hybridized carbons (Fsp3) is 0.625. The number of hydrogen-bond donors (Lipinski definition) is 1. The Labute approximate surface area is 120 Å². The molecule has 1 fully saturated rings.